The summed E-state index contributed by atoms with van der Waals surface area (Å²) in [6.07, 6.45) is 12.6. The van der Waals surface area contributed by atoms with Gasteiger partial charge in [-0.3, -0.25) is 10.3 Å². The molecule has 0 amide bonds. The van der Waals surface area contributed by atoms with Crippen molar-refractivity contribution in [2.45, 2.75) is 70.5 Å². The molecule has 0 bridgehead atoms. The highest BCUT2D eigenvalue weighted by Gasteiger charge is 2.39. The summed E-state index contributed by atoms with van der Waals surface area (Å²) in [7, 11) is 0. The summed E-state index contributed by atoms with van der Waals surface area (Å²) in [4.78, 5) is 7.65. The molecule has 2 unspecified atom stereocenters. The Bertz CT molecular complexity index is 493. The number of nitrogens with zero attached hydrogens (tertiary/aromatic N) is 1. The minimum Gasteiger partial charge on any atom is -0.292 e. The van der Waals surface area contributed by atoms with Gasteiger partial charge in [0, 0.05) is 10.9 Å². The van der Waals surface area contributed by atoms with Crippen molar-refractivity contribution in [2.24, 2.45) is 10.9 Å². The molecular formula is C18H26N2S. The predicted octanol–water partition coefficient (Wildman–Crippen LogP) is 4.80. The monoisotopic (exact) mass is 302 g/mol. The highest BCUT2D eigenvalue weighted by Crippen LogP contribution is 2.53. The Morgan fingerprint density at radius 3 is 2.81 bits per heavy atom. The molecule has 1 heterocycles. The van der Waals surface area contributed by atoms with Gasteiger partial charge < -0.3 is 0 Å². The molecule has 1 aliphatic heterocycles. The van der Waals surface area contributed by atoms with Crippen LogP contribution < -0.4 is 5.32 Å². The number of nitrogens with one attached hydrogen (secondary N) is 1. The number of thioether (sulfide) groups is 1. The molecule has 3 aliphatic rings. The van der Waals surface area contributed by atoms with E-state index >= 15 is 0 Å². The zero-order valence-corrected chi connectivity index (χ0v) is 13.8. The molecule has 2 nitrogen and oxygen atoms in total. The minimum absolute atomic E-state index is 0.181. The third-order valence-electron chi connectivity index (χ3n) is 4.91. The second-order valence-corrected chi connectivity index (χ2v) is 7.41. The van der Waals surface area contributed by atoms with Crippen LogP contribution >= 0.6 is 11.8 Å². The van der Waals surface area contributed by atoms with E-state index in [-0.39, 0.29) is 6.17 Å². The van der Waals surface area contributed by atoms with E-state index < -0.39 is 0 Å². The number of aliphatic imine (C=N–C) groups is 1. The molecule has 0 aromatic carbocycles. The number of hydrogen-bond acceptors (Lipinski definition) is 3. The van der Waals surface area contributed by atoms with Crippen LogP contribution in [-0.4, -0.2) is 18.4 Å². The molecule has 1 N–H and O–H groups in total. The Morgan fingerprint density at radius 1 is 1.29 bits per heavy atom. The van der Waals surface area contributed by atoms with Crippen molar-refractivity contribution >= 4 is 18.0 Å². The maximum absolute atomic E-state index is 4.79. The molecule has 1 saturated carbocycles. The molecule has 3 rings (SSSR count). The highest BCUT2D eigenvalue weighted by molar-refractivity contribution is 8.07. The van der Waals surface area contributed by atoms with Gasteiger partial charge in [-0.05, 0) is 55.7 Å². The first kappa shape index (κ1) is 15.1. The Kier molecular flexibility index (Phi) is 5.05. The van der Waals surface area contributed by atoms with E-state index in [1.165, 1.54) is 56.3 Å². The molecule has 2 aliphatic carbocycles. The van der Waals surface area contributed by atoms with E-state index in [0.29, 0.717) is 12.0 Å². The van der Waals surface area contributed by atoms with E-state index in [1.54, 1.807) is 10.5 Å². The molecule has 3 heteroatoms. The fourth-order valence-electron chi connectivity index (χ4n) is 3.92. The van der Waals surface area contributed by atoms with Crippen LogP contribution in [-0.2, 0) is 0 Å². The summed E-state index contributed by atoms with van der Waals surface area (Å²) in [5.74, 6) is 0.392. The van der Waals surface area contributed by atoms with Crippen molar-refractivity contribution in [1.29, 1.82) is 0 Å². The molecule has 0 aromatic rings. The third-order valence-corrected chi connectivity index (χ3v) is 6.24. The normalized spacial score (nSPS) is 28.2. The molecule has 0 saturated heterocycles. The highest BCUT2D eigenvalue weighted by atomic mass is 32.2. The summed E-state index contributed by atoms with van der Waals surface area (Å²) in [6.45, 7) is 5.95. The van der Waals surface area contributed by atoms with Crippen molar-refractivity contribution in [1.82, 2.24) is 5.32 Å². The van der Waals surface area contributed by atoms with E-state index in [0.717, 1.165) is 0 Å². The van der Waals surface area contributed by atoms with Gasteiger partial charge in [0.05, 0.1) is 5.92 Å². The summed E-state index contributed by atoms with van der Waals surface area (Å²) in [5.41, 5.74) is 4.81. The van der Waals surface area contributed by atoms with Crippen molar-refractivity contribution in [3.8, 4) is 0 Å². The summed E-state index contributed by atoms with van der Waals surface area (Å²) < 4.78 is 0. The third kappa shape index (κ3) is 3.21. The maximum atomic E-state index is 4.79. The summed E-state index contributed by atoms with van der Waals surface area (Å²) in [6, 6.07) is 0.634. The van der Waals surface area contributed by atoms with Gasteiger partial charge in [-0.2, -0.15) is 0 Å². The maximum Gasteiger partial charge on any atom is 0.111 e. The quantitative estimate of drug-likeness (QED) is 0.596. The van der Waals surface area contributed by atoms with Crippen molar-refractivity contribution < 1.29 is 0 Å². The van der Waals surface area contributed by atoms with E-state index in [1.807, 2.05) is 24.9 Å². The molecule has 0 radical (unpaired) electrons. The lowest BCUT2D eigenvalue weighted by Crippen LogP contribution is -2.43. The second-order valence-electron chi connectivity index (χ2n) is 6.28. The largest absolute Gasteiger partial charge is 0.292 e. The Morgan fingerprint density at radius 2 is 2.10 bits per heavy atom. The van der Waals surface area contributed by atoms with Crippen LogP contribution in [0.2, 0.25) is 0 Å². The molecule has 2 atom stereocenters. The Balaban J connectivity index is 1.80. The van der Waals surface area contributed by atoms with Crippen LogP contribution in [0.1, 0.15) is 58.3 Å². The van der Waals surface area contributed by atoms with Crippen LogP contribution in [0.5, 0.6) is 0 Å². The number of hydrogen-bond donors (Lipinski definition) is 1. The molecule has 0 spiro atoms. The second kappa shape index (κ2) is 7.00. The van der Waals surface area contributed by atoms with Crippen LogP contribution in [0.15, 0.2) is 32.7 Å². The van der Waals surface area contributed by atoms with E-state index in [4.69, 9.17) is 4.99 Å². The van der Waals surface area contributed by atoms with Crippen LogP contribution in [0, 0.1) is 5.92 Å². The van der Waals surface area contributed by atoms with Gasteiger partial charge in [-0.25, -0.2) is 0 Å². The fraction of sp³-hybridized carbons (Fsp3) is 0.667. The Hall–Kier alpha value is -0.760. The van der Waals surface area contributed by atoms with Crippen LogP contribution in [0.4, 0.5) is 0 Å². The first-order valence-electron chi connectivity index (χ1n) is 8.37. The van der Waals surface area contributed by atoms with E-state index in [2.05, 4.69) is 17.6 Å². The molecule has 114 valence electrons. The SMILES string of the molecule is C=C=C1SC2=C(CCC2)C1C(/N=C\C)NC1CCCCC1. The van der Waals surface area contributed by atoms with E-state index in [9.17, 15) is 0 Å². The van der Waals surface area contributed by atoms with Gasteiger partial charge in [0.15, 0.2) is 0 Å². The molecule has 1 fully saturated rings. The minimum atomic E-state index is 0.181. The average molecular weight is 302 g/mol. The van der Waals surface area contributed by atoms with Crippen molar-refractivity contribution in [2.75, 3.05) is 0 Å². The molecular weight excluding hydrogens is 276 g/mol. The predicted molar refractivity (Wildman–Crippen MR) is 92.6 cm³/mol. The molecule has 21 heavy (non-hydrogen) atoms. The van der Waals surface area contributed by atoms with Gasteiger partial charge >= 0.3 is 0 Å². The molecule has 0 aromatic heterocycles. The van der Waals surface area contributed by atoms with Crippen molar-refractivity contribution in [3.05, 3.63) is 27.7 Å². The van der Waals surface area contributed by atoms with Crippen LogP contribution in [0.3, 0.4) is 0 Å². The lowest BCUT2D eigenvalue weighted by atomic mass is 9.91. The fourth-order valence-corrected chi connectivity index (χ4v) is 5.26. The van der Waals surface area contributed by atoms with Crippen LogP contribution in [0.25, 0.3) is 0 Å². The van der Waals surface area contributed by atoms with Crippen molar-refractivity contribution in [3.63, 3.8) is 0 Å². The summed E-state index contributed by atoms with van der Waals surface area (Å²) >= 11 is 1.91. The number of rotatable bonds is 4. The number of allylic oxidation sites excluding steroid dienone is 1. The van der Waals surface area contributed by atoms with Gasteiger partial charge in [0.1, 0.15) is 6.17 Å². The lowest BCUT2D eigenvalue weighted by molar-refractivity contribution is 0.317. The standard InChI is InChI=1S/C18H26N2S/c1-3-15-17(14-11-8-12-16(14)21-15)18(19-4-2)20-13-9-6-5-7-10-13/h4,13,17-18,20H,1,5-12H2,2H3/b19-4-. The zero-order chi connectivity index (χ0) is 14.7. The smallest absolute Gasteiger partial charge is 0.111 e. The lowest BCUT2D eigenvalue weighted by Gasteiger charge is -2.30. The average Bonchev–Trinajstić information content (AvgIpc) is 3.08. The topological polar surface area (TPSA) is 24.4 Å². The Labute approximate surface area is 132 Å². The van der Waals surface area contributed by atoms with Gasteiger partial charge in [0.25, 0.3) is 0 Å². The van der Waals surface area contributed by atoms with Gasteiger partial charge in [0.2, 0.25) is 0 Å². The summed E-state index contributed by atoms with van der Waals surface area (Å²) in [5, 5.41) is 3.84. The van der Waals surface area contributed by atoms with Gasteiger partial charge in [-0.1, -0.05) is 37.6 Å². The van der Waals surface area contributed by atoms with Gasteiger partial charge in [-0.15, -0.1) is 5.73 Å². The first-order chi connectivity index (χ1) is 10.3. The zero-order valence-electron chi connectivity index (χ0n) is 13.0. The first-order valence-corrected chi connectivity index (χ1v) is 9.18.